The highest BCUT2D eigenvalue weighted by atomic mass is 19.1. The number of hydrogen-bond donors (Lipinski definition) is 4. The van der Waals surface area contributed by atoms with Crippen molar-refractivity contribution in [1.82, 2.24) is 24.8 Å². The summed E-state index contributed by atoms with van der Waals surface area (Å²) in [5, 5.41) is 11.0. The third-order valence-electron chi connectivity index (χ3n) is 6.60. The molecule has 0 radical (unpaired) electrons. The lowest BCUT2D eigenvalue weighted by Crippen LogP contribution is -2.48. The van der Waals surface area contributed by atoms with E-state index in [2.05, 4.69) is 30.6 Å². The number of aryl methyl sites for hydroxylation is 1. The number of nitrogens with two attached hydrogens (primary N) is 2. The van der Waals surface area contributed by atoms with Gasteiger partial charge in [0.15, 0.2) is 5.82 Å². The molecule has 6 N–H and O–H groups in total. The highest BCUT2D eigenvalue weighted by molar-refractivity contribution is 5.76. The van der Waals surface area contributed by atoms with Crippen molar-refractivity contribution in [3.8, 4) is 5.75 Å². The van der Waals surface area contributed by atoms with Gasteiger partial charge < -0.3 is 26.8 Å². The number of hydrogen-bond acceptors (Lipinski definition) is 8. The average Bonchev–Trinajstić information content (AvgIpc) is 3.30. The average molecular weight is 506 g/mol. The number of halogens is 1. The molecule has 194 valence electrons. The number of ether oxygens (including phenoxy) is 1. The molecule has 11 heteroatoms. The van der Waals surface area contributed by atoms with E-state index in [4.69, 9.17) is 16.2 Å². The van der Waals surface area contributed by atoms with Gasteiger partial charge in [0.05, 0.1) is 18.9 Å². The number of aromatic nitrogens is 3. The first-order chi connectivity index (χ1) is 18.0. The van der Waals surface area contributed by atoms with Gasteiger partial charge in [-0.05, 0) is 60.9 Å². The number of nitrogens with one attached hydrogen (secondary N) is 2. The summed E-state index contributed by atoms with van der Waals surface area (Å²) in [7, 11) is 0. The molecule has 37 heavy (non-hydrogen) atoms. The maximum atomic E-state index is 14.2. The van der Waals surface area contributed by atoms with Crippen molar-refractivity contribution in [2.45, 2.75) is 38.1 Å². The van der Waals surface area contributed by atoms with Crippen LogP contribution in [0.15, 0.2) is 65.9 Å². The molecule has 0 spiro atoms. The number of benzene rings is 1. The smallest absolute Gasteiger partial charge is 0.158 e. The van der Waals surface area contributed by atoms with Gasteiger partial charge in [0, 0.05) is 43.8 Å². The highest BCUT2D eigenvalue weighted by Crippen LogP contribution is 2.29. The Kier molecular flexibility index (Phi) is 7.33. The molecule has 0 saturated carbocycles. The van der Waals surface area contributed by atoms with E-state index >= 15 is 0 Å². The van der Waals surface area contributed by atoms with Crippen molar-refractivity contribution in [2.24, 2.45) is 16.5 Å². The molecule has 2 aliphatic rings. The van der Waals surface area contributed by atoms with Crippen molar-refractivity contribution in [3.05, 3.63) is 72.0 Å². The maximum absolute atomic E-state index is 14.2. The standard InChI is InChI=1S/C26H32FN9O/c1-17-10-19(2-3-24(17)37-21-4-7-31-20(11-21)12-30-15-28)34-26-25-18(5-9-36(25)33-16-32-26)13-35-8-6-23(29)22(27)14-35/h2-5,7,9-11,15-16,20,22-23,31H,6,8,12-14,29H2,1H3,(H2,28,30)(H,32,33,34). The Hall–Kier alpha value is -3.96. The number of alkyl halides is 1. The molecule has 1 fully saturated rings. The van der Waals surface area contributed by atoms with Crippen LogP contribution in [0.1, 0.15) is 17.5 Å². The van der Waals surface area contributed by atoms with Crippen molar-refractivity contribution < 1.29 is 9.13 Å². The van der Waals surface area contributed by atoms with E-state index in [1.54, 1.807) is 4.52 Å². The summed E-state index contributed by atoms with van der Waals surface area (Å²) in [6.07, 6.45) is 10.0. The summed E-state index contributed by atoms with van der Waals surface area (Å²) in [5.41, 5.74) is 14.9. The topological polar surface area (TPSA) is 131 Å². The van der Waals surface area contributed by atoms with Crippen LogP contribution in [0.2, 0.25) is 0 Å². The quantitative estimate of drug-likeness (QED) is 0.271. The van der Waals surface area contributed by atoms with Crippen LogP contribution in [0.3, 0.4) is 0 Å². The summed E-state index contributed by atoms with van der Waals surface area (Å²) < 4.78 is 22.1. The summed E-state index contributed by atoms with van der Waals surface area (Å²) in [6, 6.07) is 7.53. The fourth-order valence-corrected chi connectivity index (χ4v) is 4.62. The molecule has 2 aliphatic heterocycles. The van der Waals surface area contributed by atoms with Gasteiger partial charge in [-0.2, -0.15) is 5.10 Å². The van der Waals surface area contributed by atoms with E-state index in [1.807, 2.05) is 55.7 Å². The Morgan fingerprint density at radius 2 is 2.24 bits per heavy atom. The second-order valence-electron chi connectivity index (χ2n) is 9.34. The van der Waals surface area contributed by atoms with E-state index in [-0.39, 0.29) is 12.1 Å². The fraction of sp³-hybridized carbons (Fsp3) is 0.346. The third kappa shape index (κ3) is 5.73. The molecule has 0 bridgehead atoms. The Balaban J connectivity index is 1.31. The van der Waals surface area contributed by atoms with Gasteiger partial charge in [0.25, 0.3) is 0 Å². The van der Waals surface area contributed by atoms with Gasteiger partial charge >= 0.3 is 0 Å². The minimum Gasteiger partial charge on any atom is -0.457 e. The molecule has 5 rings (SSSR count). The maximum Gasteiger partial charge on any atom is 0.158 e. The van der Waals surface area contributed by atoms with Crippen molar-refractivity contribution in [2.75, 3.05) is 25.0 Å². The van der Waals surface area contributed by atoms with Gasteiger partial charge in [0.2, 0.25) is 0 Å². The molecule has 0 amide bonds. The first-order valence-electron chi connectivity index (χ1n) is 12.3. The first kappa shape index (κ1) is 24.7. The Labute approximate surface area is 214 Å². The predicted molar refractivity (Wildman–Crippen MR) is 143 cm³/mol. The molecular weight excluding hydrogens is 473 g/mol. The van der Waals surface area contributed by atoms with Crippen molar-refractivity contribution in [1.29, 1.82) is 0 Å². The summed E-state index contributed by atoms with van der Waals surface area (Å²) in [6.45, 7) is 4.22. The zero-order chi connectivity index (χ0) is 25.8. The van der Waals surface area contributed by atoms with E-state index in [1.165, 1.54) is 12.7 Å². The van der Waals surface area contributed by atoms with Crippen molar-refractivity contribution in [3.63, 3.8) is 0 Å². The molecule has 2 aromatic heterocycles. The molecule has 1 saturated heterocycles. The Bertz CT molecular complexity index is 1330. The first-order valence-corrected chi connectivity index (χ1v) is 12.3. The fourth-order valence-electron chi connectivity index (χ4n) is 4.62. The number of fused-ring (bicyclic) bond motifs is 1. The number of likely N-dealkylation sites (tertiary alicyclic amines) is 1. The second kappa shape index (κ2) is 11.0. The molecule has 3 unspecified atom stereocenters. The Morgan fingerprint density at radius 1 is 1.35 bits per heavy atom. The molecular formula is C26H32FN9O. The van der Waals surface area contributed by atoms with Gasteiger partial charge in [0.1, 0.15) is 29.5 Å². The van der Waals surface area contributed by atoms with Crippen LogP contribution >= 0.6 is 0 Å². The van der Waals surface area contributed by atoms with Crippen molar-refractivity contribution >= 4 is 23.4 Å². The van der Waals surface area contributed by atoms with E-state index in [0.717, 1.165) is 40.4 Å². The minimum absolute atomic E-state index is 0.0231. The lowest BCUT2D eigenvalue weighted by Gasteiger charge is -2.32. The van der Waals surface area contributed by atoms with Crippen LogP contribution in [0.25, 0.3) is 5.52 Å². The van der Waals surface area contributed by atoms with Crippen LogP contribution in [-0.4, -0.2) is 63.7 Å². The zero-order valence-electron chi connectivity index (χ0n) is 20.7. The van der Waals surface area contributed by atoms with E-state index in [9.17, 15) is 4.39 Å². The Morgan fingerprint density at radius 3 is 3.05 bits per heavy atom. The highest BCUT2D eigenvalue weighted by Gasteiger charge is 2.27. The minimum atomic E-state index is -1.01. The van der Waals surface area contributed by atoms with Gasteiger partial charge in [-0.25, -0.2) is 13.9 Å². The third-order valence-corrected chi connectivity index (χ3v) is 6.60. The molecule has 1 aromatic carbocycles. The molecule has 3 aromatic rings. The molecule has 0 aliphatic carbocycles. The number of dihydropyridines is 1. The largest absolute Gasteiger partial charge is 0.457 e. The number of anilines is 2. The van der Waals surface area contributed by atoms with Crippen LogP contribution in [-0.2, 0) is 6.54 Å². The number of allylic oxidation sites excluding steroid dienone is 1. The SMILES string of the molecule is Cc1cc(Nc2ncnn3ccc(CN4CCC(N)C(F)C4)c23)ccc1OC1=CC(CN=CN)NC=C1. The van der Waals surface area contributed by atoms with Gasteiger partial charge in [-0.3, -0.25) is 9.89 Å². The molecule has 3 atom stereocenters. The number of aliphatic imine (C=N–C) groups is 1. The summed E-state index contributed by atoms with van der Waals surface area (Å²) in [4.78, 5) is 10.7. The second-order valence-corrected chi connectivity index (χ2v) is 9.34. The van der Waals surface area contributed by atoms with E-state index < -0.39 is 6.17 Å². The summed E-state index contributed by atoms with van der Waals surface area (Å²) >= 11 is 0. The van der Waals surface area contributed by atoms with E-state index in [0.29, 0.717) is 31.9 Å². The predicted octanol–water partition coefficient (Wildman–Crippen LogP) is 2.39. The number of rotatable bonds is 8. The van der Waals surface area contributed by atoms with Gasteiger partial charge in [-0.1, -0.05) is 0 Å². The number of piperidine rings is 1. The molecule has 4 heterocycles. The normalized spacial score (nSPS) is 22.2. The van der Waals surface area contributed by atoms with Gasteiger partial charge in [-0.15, -0.1) is 0 Å². The summed E-state index contributed by atoms with van der Waals surface area (Å²) in [5.74, 6) is 2.18. The van der Waals surface area contributed by atoms with Crippen LogP contribution in [0, 0.1) is 6.92 Å². The zero-order valence-corrected chi connectivity index (χ0v) is 20.7. The monoisotopic (exact) mass is 505 g/mol. The van der Waals surface area contributed by atoms with Crippen LogP contribution in [0.5, 0.6) is 5.75 Å². The lowest BCUT2D eigenvalue weighted by atomic mass is 10.0. The number of nitrogens with zero attached hydrogens (tertiary/aromatic N) is 5. The van der Waals surface area contributed by atoms with Crippen LogP contribution in [0.4, 0.5) is 15.9 Å². The lowest BCUT2D eigenvalue weighted by molar-refractivity contribution is 0.114. The molecule has 10 nitrogen and oxygen atoms in total. The van der Waals surface area contributed by atoms with Crippen LogP contribution < -0.4 is 26.8 Å².